The standard InChI is InChI=1S/C18H21N/c1-13-9-14(2)11-15(10-13)12-17-6-3-5-16-7-4-8-19-18(16)17/h3,5-6,9-11,19H,4,7-8,12H2,1-2H3. The normalized spacial score (nSPS) is 13.8. The Balaban J connectivity index is 1.95. The Morgan fingerprint density at radius 2 is 1.84 bits per heavy atom. The van der Waals surface area contributed by atoms with E-state index in [1.807, 2.05) is 0 Å². The fraction of sp³-hybridized carbons (Fsp3) is 0.333. The molecule has 0 radical (unpaired) electrons. The van der Waals surface area contributed by atoms with Gasteiger partial charge < -0.3 is 5.32 Å². The van der Waals surface area contributed by atoms with Crippen LogP contribution in [0.5, 0.6) is 0 Å². The summed E-state index contributed by atoms with van der Waals surface area (Å²) in [5.74, 6) is 0. The number of fused-ring (bicyclic) bond motifs is 1. The summed E-state index contributed by atoms with van der Waals surface area (Å²) >= 11 is 0. The van der Waals surface area contributed by atoms with Crippen molar-refractivity contribution in [2.75, 3.05) is 11.9 Å². The van der Waals surface area contributed by atoms with Crippen LogP contribution < -0.4 is 5.32 Å². The maximum absolute atomic E-state index is 3.58. The Morgan fingerprint density at radius 1 is 1.05 bits per heavy atom. The summed E-state index contributed by atoms with van der Waals surface area (Å²) in [6.45, 7) is 5.46. The molecule has 1 heterocycles. The predicted octanol–water partition coefficient (Wildman–Crippen LogP) is 4.25. The first-order valence-corrected chi connectivity index (χ1v) is 7.14. The number of aryl methyl sites for hydroxylation is 3. The zero-order chi connectivity index (χ0) is 13.2. The van der Waals surface area contributed by atoms with E-state index in [9.17, 15) is 0 Å². The van der Waals surface area contributed by atoms with Crippen LogP contribution in [0.25, 0.3) is 0 Å². The minimum absolute atomic E-state index is 1.03. The van der Waals surface area contributed by atoms with Gasteiger partial charge in [-0.1, -0.05) is 47.5 Å². The van der Waals surface area contributed by atoms with Gasteiger partial charge in [0.2, 0.25) is 0 Å². The van der Waals surface area contributed by atoms with E-state index in [4.69, 9.17) is 0 Å². The van der Waals surface area contributed by atoms with Crippen LogP contribution in [-0.2, 0) is 12.8 Å². The summed E-state index contributed by atoms with van der Waals surface area (Å²) in [5, 5.41) is 3.58. The minimum Gasteiger partial charge on any atom is -0.385 e. The number of rotatable bonds is 2. The lowest BCUT2D eigenvalue weighted by Gasteiger charge is -2.21. The van der Waals surface area contributed by atoms with Crippen molar-refractivity contribution < 1.29 is 0 Å². The molecular formula is C18H21N. The van der Waals surface area contributed by atoms with Crippen LogP contribution in [0.4, 0.5) is 5.69 Å². The smallest absolute Gasteiger partial charge is 0.0408 e. The van der Waals surface area contributed by atoms with Gasteiger partial charge in [0, 0.05) is 12.2 Å². The van der Waals surface area contributed by atoms with E-state index in [-0.39, 0.29) is 0 Å². The highest BCUT2D eigenvalue weighted by Gasteiger charge is 2.12. The van der Waals surface area contributed by atoms with Crippen molar-refractivity contribution in [3.8, 4) is 0 Å². The van der Waals surface area contributed by atoms with Crippen LogP contribution in [0.2, 0.25) is 0 Å². The molecule has 0 spiro atoms. The summed E-state index contributed by atoms with van der Waals surface area (Å²) in [7, 11) is 0. The molecule has 0 bridgehead atoms. The van der Waals surface area contributed by atoms with E-state index in [1.54, 1.807) is 0 Å². The van der Waals surface area contributed by atoms with Gasteiger partial charge in [0.15, 0.2) is 0 Å². The molecule has 0 saturated carbocycles. The number of para-hydroxylation sites is 1. The SMILES string of the molecule is Cc1cc(C)cc(Cc2cccc3c2NCCC3)c1. The van der Waals surface area contributed by atoms with Gasteiger partial charge in [0.05, 0.1) is 0 Å². The van der Waals surface area contributed by atoms with Gasteiger partial charge in [-0.05, 0) is 49.8 Å². The quantitative estimate of drug-likeness (QED) is 0.841. The fourth-order valence-electron chi connectivity index (χ4n) is 3.12. The van der Waals surface area contributed by atoms with Crippen molar-refractivity contribution in [2.45, 2.75) is 33.1 Å². The van der Waals surface area contributed by atoms with Crippen molar-refractivity contribution in [3.05, 3.63) is 64.2 Å². The summed E-state index contributed by atoms with van der Waals surface area (Å²) in [5.41, 5.74) is 8.42. The first-order chi connectivity index (χ1) is 9.22. The summed E-state index contributed by atoms with van der Waals surface area (Å²) < 4.78 is 0. The van der Waals surface area contributed by atoms with Crippen molar-refractivity contribution in [3.63, 3.8) is 0 Å². The Labute approximate surface area is 115 Å². The molecule has 3 rings (SSSR count). The van der Waals surface area contributed by atoms with Gasteiger partial charge in [-0.2, -0.15) is 0 Å². The van der Waals surface area contributed by atoms with E-state index in [2.05, 4.69) is 55.6 Å². The van der Waals surface area contributed by atoms with Crippen LogP contribution >= 0.6 is 0 Å². The van der Waals surface area contributed by atoms with Crippen LogP contribution in [0, 0.1) is 13.8 Å². The second-order valence-corrected chi connectivity index (χ2v) is 5.65. The predicted molar refractivity (Wildman–Crippen MR) is 82.0 cm³/mol. The average Bonchev–Trinajstić information content (AvgIpc) is 2.38. The number of anilines is 1. The van der Waals surface area contributed by atoms with E-state index in [0.717, 1.165) is 13.0 Å². The number of benzene rings is 2. The number of hydrogen-bond acceptors (Lipinski definition) is 1. The lowest BCUT2D eigenvalue weighted by Crippen LogP contribution is -2.13. The molecule has 19 heavy (non-hydrogen) atoms. The third-order valence-electron chi connectivity index (χ3n) is 3.84. The van der Waals surface area contributed by atoms with Crippen molar-refractivity contribution in [1.82, 2.24) is 0 Å². The molecule has 0 unspecified atom stereocenters. The number of hydrogen-bond donors (Lipinski definition) is 1. The van der Waals surface area contributed by atoms with E-state index < -0.39 is 0 Å². The average molecular weight is 251 g/mol. The number of nitrogens with one attached hydrogen (secondary N) is 1. The van der Waals surface area contributed by atoms with E-state index >= 15 is 0 Å². The second-order valence-electron chi connectivity index (χ2n) is 5.65. The molecule has 2 aromatic rings. The molecule has 1 N–H and O–H groups in total. The monoisotopic (exact) mass is 251 g/mol. The van der Waals surface area contributed by atoms with E-state index in [0.29, 0.717) is 0 Å². The fourth-order valence-corrected chi connectivity index (χ4v) is 3.12. The lowest BCUT2D eigenvalue weighted by atomic mass is 9.94. The summed E-state index contributed by atoms with van der Waals surface area (Å²) in [4.78, 5) is 0. The Hall–Kier alpha value is -1.76. The molecule has 1 nitrogen and oxygen atoms in total. The third kappa shape index (κ3) is 2.65. The Bertz CT molecular complexity index is 578. The molecule has 1 aliphatic heterocycles. The molecule has 0 aromatic heterocycles. The molecular weight excluding hydrogens is 230 g/mol. The molecule has 0 aliphatic carbocycles. The van der Waals surface area contributed by atoms with Crippen LogP contribution in [-0.4, -0.2) is 6.54 Å². The minimum atomic E-state index is 1.03. The molecule has 98 valence electrons. The van der Waals surface area contributed by atoms with Gasteiger partial charge in [0.1, 0.15) is 0 Å². The van der Waals surface area contributed by atoms with Crippen molar-refractivity contribution in [1.29, 1.82) is 0 Å². The van der Waals surface area contributed by atoms with Crippen LogP contribution in [0.15, 0.2) is 36.4 Å². The van der Waals surface area contributed by atoms with Gasteiger partial charge in [0.25, 0.3) is 0 Å². The Morgan fingerprint density at radius 3 is 2.63 bits per heavy atom. The van der Waals surface area contributed by atoms with Gasteiger partial charge >= 0.3 is 0 Å². The highest BCUT2D eigenvalue weighted by atomic mass is 14.9. The zero-order valence-corrected chi connectivity index (χ0v) is 11.8. The van der Waals surface area contributed by atoms with Gasteiger partial charge in [-0.15, -0.1) is 0 Å². The second kappa shape index (κ2) is 5.08. The molecule has 0 amide bonds. The van der Waals surface area contributed by atoms with Gasteiger partial charge in [-0.3, -0.25) is 0 Å². The summed E-state index contributed by atoms with van der Waals surface area (Å²) in [6, 6.07) is 13.6. The highest BCUT2D eigenvalue weighted by molar-refractivity contribution is 5.60. The van der Waals surface area contributed by atoms with Crippen molar-refractivity contribution >= 4 is 5.69 Å². The van der Waals surface area contributed by atoms with Crippen LogP contribution in [0.1, 0.15) is 34.2 Å². The molecule has 1 aliphatic rings. The van der Waals surface area contributed by atoms with Crippen molar-refractivity contribution in [2.24, 2.45) is 0 Å². The maximum Gasteiger partial charge on any atom is 0.0408 e. The first-order valence-electron chi connectivity index (χ1n) is 7.14. The molecule has 0 atom stereocenters. The topological polar surface area (TPSA) is 12.0 Å². The molecule has 1 heteroatoms. The molecule has 0 fully saturated rings. The first kappa shape index (κ1) is 12.3. The highest BCUT2D eigenvalue weighted by Crippen LogP contribution is 2.28. The van der Waals surface area contributed by atoms with Gasteiger partial charge in [-0.25, -0.2) is 0 Å². The zero-order valence-electron chi connectivity index (χ0n) is 11.8. The largest absolute Gasteiger partial charge is 0.385 e. The molecule has 0 saturated heterocycles. The summed E-state index contributed by atoms with van der Waals surface area (Å²) in [6.07, 6.45) is 3.49. The lowest BCUT2D eigenvalue weighted by molar-refractivity contribution is 0.825. The van der Waals surface area contributed by atoms with Crippen LogP contribution in [0.3, 0.4) is 0 Å². The molecule has 2 aromatic carbocycles. The van der Waals surface area contributed by atoms with E-state index in [1.165, 1.54) is 46.3 Å². The maximum atomic E-state index is 3.58. The Kier molecular flexibility index (Phi) is 3.29. The third-order valence-corrected chi connectivity index (χ3v) is 3.84.